The quantitative estimate of drug-likeness (QED) is 0.933. The number of aromatic nitrogens is 2. The second-order valence-electron chi connectivity index (χ2n) is 5.84. The zero-order valence-electron chi connectivity index (χ0n) is 12.3. The van der Waals surface area contributed by atoms with E-state index in [9.17, 15) is 0 Å². The highest BCUT2D eigenvalue weighted by Crippen LogP contribution is 2.33. The van der Waals surface area contributed by atoms with E-state index >= 15 is 0 Å². The van der Waals surface area contributed by atoms with Crippen LogP contribution < -0.4 is 10.5 Å². The van der Waals surface area contributed by atoms with Gasteiger partial charge in [-0.25, -0.2) is 4.98 Å². The summed E-state index contributed by atoms with van der Waals surface area (Å²) in [5.74, 6) is 1.40. The summed E-state index contributed by atoms with van der Waals surface area (Å²) >= 11 is 0. The first-order valence-corrected chi connectivity index (χ1v) is 7.18. The molecule has 0 radical (unpaired) electrons. The Morgan fingerprint density at radius 2 is 2.20 bits per heavy atom. The number of fused-ring (bicyclic) bond motifs is 1. The average molecular weight is 274 g/mol. The number of ether oxygens (including phenoxy) is 1. The number of anilines is 1. The minimum Gasteiger partial charge on any atom is -0.489 e. The minimum atomic E-state index is 0.129. The van der Waals surface area contributed by atoms with E-state index < -0.39 is 0 Å². The van der Waals surface area contributed by atoms with Crippen LogP contribution in [0.25, 0.3) is 11.0 Å². The van der Waals surface area contributed by atoms with E-state index in [1.54, 1.807) is 0 Å². The van der Waals surface area contributed by atoms with E-state index in [0.717, 1.165) is 36.3 Å². The molecule has 1 aromatic heterocycles. The highest BCUT2D eigenvalue weighted by atomic mass is 16.5. The lowest BCUT2D eigenvalue weighted by Crippen LogP contribution is -2.17. The second kappa shape index (κ2) is 4.98. The van der Waals surface area contributed by atoms with Crippen molar-refractivity contribution in [2.45, 2.75) is 32.4 Å². The van der Waals surface area contributed by atoms with Gasteiger partial charge in [-0.2, -0.15) is 0 Å². The van der Waals surface area contributed by atoms with E-state index in [1.807, 2.05) is 26.0 Å². The van der Waals surface area contributed by atoms with Crippen LogP contribution >= 0.6 is 0 Å². The number of likely N-dealkylation sites (tertiary alicyclic amines) is 1. The number of para-hydroxylation sites is 1. The maximum absolute atomic E-state index is 6.16. The van der Waals surface area contributed by atoms with Crippen molar-refractivity contribution in [1.29, 1.82) is 0 Å². The third kappa shape index (κ3) is 2.22. The average Bonchev–Trinajstić information content (AvgIpc) is 2.92. The summed E-state index contributed by atoms with van der Waals surface area (Å²) in [5, 5.41) is 0. The van der Waals surface area contributed by atoms with E-state index in [-0.39, 0.29) is 6.10 Å². The van der Waals surface area contributed by atoms with Gasteiger partial charge in [0.2, 0.25) is 5.95 Å². The number of imidazole rings is 1. The van der Waals surface area contributed by atoms with Crippen molar-refractivity contribution in [2.75, 3.05) is 25.9 Å². The molecule has 5 nitrogen and oxygen atoms in total. The van der Waals surface area contributed by atoms with Gasteiger partial charge in [0.25, 0.3) is 0 Å². The van der Waals surface area contributed by atoms with Gasteiger partial charge < -0.3 is 19.9 Å². The summed E-state index contributed by atoms with van der Waals surface area (Å²) in [6.07, 6.45) is 1.24. The molecule has 2 heterocycles. The fourth-order valence-corrected chi connectivity index (χ4v) is 2.96. The number of hydrogen-bond acceptors (Lipinski definition) is 4. The van der Waals surface area contributed by atoms with Crippen molar-refractivity contribution in [2.24, 2.45) is 0 Å². The molecule has 3 rings (SSSR count). The molecule has 0 saturated carbocycles. The van der Waals surface area contributed by atoms with Gasteiger partial charge >= 0.3 is 0 Å². The van der Waals surface area contributed by atoms with Crippen molar-refractivity contribution in [1.82, 2.24) is 14.5 Å². The maximum atomic E-state index is 6.16. The molecular weight excluding hydrogens is 252 g/mol. The Balaban J connectivity index is 2.07. The van der Waals surface area contributed by atoms with Gasteiger partial charge in [0.1, 0.15) is 11.3 Å². The van der Waals surface area contributed by atoms with Crippen molar-refractivity contribution in [3.05, 3.63) is 18.2 Å². The van der Waals surface area contributed by atoms with Gasteiger partial charge in [0.15, 0.2) is 0 Å². The smallest absolute Gasteiger partial charge is 0.201 e. The van der Waals surface area contributed by atoms with Crippen LogP contribution in [0.1, 0.15) is 26.3 Å². The Bertz CT molecular complexity index is 620. The number of rotatable bonds is 3. The Hall–Kier alpha value is -1.75. The molecule has 20 heavy (non-hydrogen) atoms. The van der Waals surface area contributed by atoms with Crippen LogP contribution in [0, 0.1) is 0 Å². The zero-order chi connectivity index (χ0) is 14.3. The van der Waals surface area contributed by atoms with Crippen LogP contribution in [0.5, 0.6) is 5.75 Å². The molecule has 1 unspecified atom stereocenters. The normalized spacial score (nSPS) is 20.1. The Morgan fingerprint density at radius 1 is 1.40 bits per heavy atom. The molecule has 108 valence electrons. The molecule has 2 N–H and O–H groups in total. The van der Waals surface area contributed by atoms with Crippen LogP contribution in [0.4, 0.5) is 5.95 Å². The maximum Gasteiger partial charge on any atom is 0.201 e. The fraction of sp³-hybridized carbons (Fsp3) is 0.533. The zero-order valence-corrected chi connectivity index (χ0v) is 12.3. The molecule has 0 aliphatic carbocycles. The molecule has 1 atom stereocenters. The number of likely N-dealkylation sites (N-methyl/N-ethyl adjacent to an activating group) is 1. The summed E-state index contributed by atoms with van der Waals surface area (Å²) in [4.78, 5) is 6.86. The Morgan fingerprint density at radius 3 is 2.85 bits per heavy atom. The molecule has 0 amide bonds. The highest BCUT2D eigenvalue weighted by molar-refractivity contribution is 5.84. The van der Waals surface area contributed by atoms with Gasteiger partial charge in [-0.05, 0) is 46.0 Å². The minimum absolute atomic E-state index is 0.129. The molecule has 1 aromatic carbocycles. The van der Waals surface area contributed by atoms with Crippen LogP contribution in [0.2, 0.25) is 0 Å². The summed E-state index contributed by atoms with van der Waals surface area (Å²) < 4.78 is 8.00. The summed E-state index contributed by atoms with van der Waals surface area (Å²) in [7, 11) is 2.14. The molecule has 0 bridgehead atoms. The molecule has 1 aliphatic rings. The topological polar surface area (TPSA) is 56.3 Å². The monoisotopic (exact) mass is 274 g/mol. The summed E-state index contributed by atoms with van der Waals surface area (Å²) in [6.45, 7) is 6.16. The summed E-state index contributed by atoms with van der Waals surface area (Å²) in [6, 6.07) is 6.44. The van der Waals surface area contributed by atoms with Gasteiger partial charge in [0.05, 0.1) is 17.7 Å². The predicted octanol–water partition coefficient (Wildman–Crippen LogP) is 2.28. The highest BCUT2D eigenvalue weighted by Gasteiger charge is 2.25. The molecule has 5 heteroatoms. The largest absolute Gasteiger partial charge is 0.489 e. The third-order valence-corrected chi connectivity index (χ3v) is 3.80. The van der Waals surface area contributed by atoms with Gasteiger partial charge in [0, 0.05) is 6.54 Å². The van der Waals surface area contributed by atoms with Gasteiger partial charge in [-0.15, -0.1) is 0 Å². The molecule has 1 saturated heterocycles. The number of hydrogen-bond donors (Lipinski definition) is 1. The predicted molar refractivity (Wildman–Crippen MR) is 81.1 cm³/mol. The Kier molecular flexibility index (Phi) is 3.30. The lowest BCUT2D eigenvalue weighted by atomic mass is 10.2. The van der Waals surface area contributed by atoms with Crippen LogP contribution in [-0.4, -0.2) is 40.7 Å². The first-order valence-electron chi connectivity index (χ1n) is 7.18. The summed E-state index contributed by atoms with van der Waals surface area (Å²) in [5.41, 5.74) is 8.10. The van der Waals surface area contributed by atoms with Crippen LogP contribution in [-0.2, 0) is 0 Å². The Labute approximate surface area is 119 Å². The first-order chi connectivity index (χ1) is 9.56. The standard InChI is InChI=1S/C15H22N4O/c1-10(2)20-13-6-4-5-12-14(13)17-15(16)19(12)11-7-8-18(3)9-11/h4-6,10-11H,7-9H2,1-3H3,(H2,16,17). The van der Waals surface area contributed by atoms with Crippen molar-refractivity contribution in [3.63, 3.8) is 0 Å². The van der Waals surface area contributed by atoms with Crippen LogP contribution in [0.3, 0.4) is 0 Å². The van der Waals surface area contributed by atoms with E-state index in [4.69, 9.17) is 10.5 Å². The number of benzene rings is 1. The van der Waals surface area contributed by atoms with Gasteiger partial charge in [-0.1, -0.05) is 6.07 Å². The SMILES string of the molecule is CC(C)Oc1cccc2c1nc(N)n2C1CCN(C)C1. The van der Waals surface area contributed by atoms with Crippen molar-refractivity contribution < 1.29 is 4.74 Å². The molecule has 1 aliphatic heterocycles. The lowest BCUT2D eigenvalue weighted by molar-refractivity contribution is 0.245. The van der Waals surface area contributed by atoms with E-state index in [1.165, 1.54) is 0 Å². The lowest BCUT2D eigenvalue weighted by Gasteiger charge is -2.15. The van der Waals surface area contributed by atoms with Crippen molar-refractivity contribution >= 4 is 17.0 Å². The van der Waals surface area contributed by atoms with E-state index in [0.29, 0.717) is 12.0 Å². The van der Waals surface area contributed by atoms with Gasteiger partial charge in [-0.3, -0.25) is 0 Å². The second-order valence-corrected chi connectivity index (χ2v) is 5.84. The molecule has 0 spiro atoms. The number of nitrogen functional groups attached to an aromatic ring is 1. The molecule has 2 aromatic rings. The van der Waals surface area contributed by atoms with Crippen LogP contribution in [0.15, 0.2) is 18.2 Å². The number of nitrogens with zero attached hydrogens (tertiary/aromatic N) is 3. The van der Waals surface area contributed by atoms with E-state index in [2.05, 4.69) is 27.6 Å². The number of nitrogens with two attached hydrogens (primary N) is 1. The fourth-order valence-electron chi connectivity index (χ4n) is 2.96. The molecule has 1 fully saturated rings. The first kappa shape index (κ1) is 13.2. The van der Waals surface area contributed by atoms with Crippen molar-refractivity contribution in [3.8, 4) is 5.75 Å². The molecular formula is C15H22N4O. The third-order valence-electron chi connectivity index (χ3n) is 3.80.